The van der Waals surface area contributed by atoms with Gasteiger partial charge >= 0.3 is 5.97 Å². The minimum Gasteiger partial charge on any atom is -0.462 e. The molecule has 0 aromatic rings. The van der Waals surface area contributed by atoms with Gasteiger partial charge in [-0.25, -0.2) is 0 Å². The van der Waals surface area contributed by atoms with Crippen molar-refractivity contribution in [2.75, 3.05) is 0 Å². The number of ether oxygens (including phenoxy) is 1. The van der Waals surface area contributed by atoms with Gasteiger partial charge in [-0.15, -0.1) is 0 Å². The van der Waals surface area contributed by atoms with Gasteiger partial charge in [0.05, 0.1) is 12.0 Å². The average molecular weight is 457 g/mol. The summed E-state index contributed by atoms with van der Waals surface area (Å²) in [5, 5.41) is 10.9. The molecule has 5 aliphatic carbocycles. The van der Waals surface area contributed by atoms with Gasteiger partial charge in [0, 0.05) is 0 Å². The molecule has 6 fully saturated rings. The zero-order chi connectivity index (χ0) is 23.6. The molecule has 0 aromatic heterocycles. The largest absolute Gasteiger partial charge is 0.462 e. The Morgan fingerprint density at radius 1 is 0.939 bits per heavy atom. The van der Waals surface area contributed by atoms with Crippen LogP contribution in [-0.2, 0) is 9.53 Å². The van der Waals surface area contributed by atoms with E-state index < -0.39 is 0 Å². The minimum atomic E-state index is -0.115. The molecule has 3 heteroatoms. The Kier molecular flexibility index (Phi) is 4.71. The van der Waals surface area contributed by atoms with Crippen molar-refractivity contribution in [2.24, 2.45) is 56.7 Å². The SMILES string of the molecule is C[C@@H]1C[C@@H](C[C@@H](C)[C@H]2CC[C@@]3(C)[C@H]4CC[C@@H]5C(C)(C)[C@H](O)CC[C@@]56C[C@@]46CC[C@]23C)OC1=O. The molecular formula is C30H48O3. The third kappa shape index (κ3) is 2.65. The third-order valence-electron chi connectivity index (χ3n) is 13.8. The van der Waals surface area contributed by atoms with Gasteiger partial charge in [-0.05, 0) is 121 Å². The van der Waals surface area contributed by atoms with Crippen LogP contribution in [0.1, 0.15) is 112 Å². The number of hydrogen-bond acceptors (Lipinski definition) is 3. The van der Waals surface area contributed by atoms with Crippen LogP contribution in [0.2, 0.25) is 0 Å². The summed E-state index contributed by atoms with van der Waals surface area (Å²) in [5.41, 5.74) is 2.03. The zero-order valence-corrected chi connectivity index (χ0v) is 22.1. The number of aliphatic hydroxyl groups excluding tert-OH is 1. The number of fused-ring (bicyclic) bond motifs is 2. The third-order valence-corrected chi connectivity index (χ3v) is 13.8. The number of cyclic esters (lactones) is 1. The fourth-order valence-electron chi connectivity index (χ4n) is 11.8. The summed E-state index contributed by atoms with van der Waals surface area (Å²) in [4.78, 5) is 12.0. The van der Waals surface area contributed by atoms with Crippen LogP contribution in [0.25, 0.3) is 0 Å². The normalized spacial score (nSPS) is 57.4. The van der Waals surface area contributed by atoms with Crippen molar-refractivity contribution in [1.29, 1.82) is 0 Å². The van der Waals surface area contributed by atoms with E-state index in [9.17, 15) is 9.90 Å². The molecular weight excluding hydrogens is 408 g/mol. The maximum atomic E-state index is 12.0. The van der Waals surface area contributed by atoms with E-state index in [1.165, 1.54) is 51.4 Å². The van der Waals surface area contributed by atoms with Crippen LogP contribution in [0.15, 0.2) is 0 Å². The molecule has 33 heavy (non-hydrogen) atoms. The van der Waals surface area contributed by atoms with Crippen LogP contribution in [0.3, 0.4) is 0 Å². The van der Waals surface area contributed by atoms with Gasteiger partial charge in [0.2, 0.25) is 0 Å². The monoisotopic (exact) mass is 456 g/mol. The van der Waals surface area contributed by atoms with Crippen molar-refractivity contribution in [2.45, 2.75) is 124 Å². The highest BCUT2D eigenvalue weighted by Gasteiger charge is 2.82. The number of carbonyl (C=O) groups excluding carboxylic acids is 1. The molecule has 0 bridgehead atoms. The Hall–Kier alpha value is -0.570. The second-order valence-electron chi connectivity index (χ2n) is 14.9. The molecule has 0 amide bonds. The van der Waals surface area contributed by atoms with E-state index in [2.05, 4.69) is 34.6 Å². The van der Waals surface area contributed by atoms with E-state index in [1.807, 2.05) is 6.92 Å². The predicted octanol–water partition coefficient (Wildman–Crippen LogP) is 6.76. The summed E-state index contributed by atoms with van der Waals surface area (Å²) in [6.07, 6.45) is 14.0. The van der Waals surface area contributed by atoms with Crippen molar-refractivity contribution in [3.63, 3.8) is 0 Å². The first-order valence-corrected chi connectivity index (χ1v) is 14.3. The van der Waals surface area contributed by atoms with Crippen LogP contribution in [0.4, 0.5) is 0 Å². The Morgan fingerprint density at radius 3 is 2.33 bits per heavy atom. The lowest BCUT2D eigenvalue weighted by Crippen LogP contribution is -2.57. The number of hydrogen-bond donors (Lipinski definition) is 1. The first-order chi connectivity index (χ1) is 15.4. The summed E-state index contributed by atoms with van der Waals surface area (Å²) in [6.45, 7) is 14.6. The van der Waals surface area contributed by atoms with Crippen LogP contribution in [-0.4, -0.2) is 23.3 Å². The molecule has 0 unspecified atom stereocenters. The van der Waals surface area contributed by atoms with Crippen LogP contribution < -0.4 is 0 Å². The molecule has 2 spiro atoms. The molecule has 1 heterocycles. The van der Waals surface area contributed by atoms with Gasteiger partial charge < -0.3 is 9.84 Å². The number of aliphatic hydroxyl groups is 1. The Morgan fingerprint density at radius 2 is 1.64 bits per heavy atom. The van der Waals surface area contributed by atoms with Gasteiger partial charge in [0.15, 0.2) is 0 Å². The predicted molar refractivity (Wildman–Crippen MR) is 130 cm³/mol. The van der Waals surface area contributed by atoms with E-state index in [0.29, 0.717) is 33.5 Å². The summed E-state index contributed by atoms with van der Waals surface area (Å²) >= 11 is 0. The molecule has 1 saturated heterocycles. The van der Waals surface area contributed by atoms with Crippen molar-refractivity contribution in [3.05, 3.63) is 0 Å². The van der Waals surface area contributed by atoms with Gasteiger partial charge in [-0.3, -0.25) is 4.79 Å². The minimum absolute atomic E-state index is 0.0191. The molecule has 5 saturated carbocycles. The van der Waals surface area contributed by atoms with E-state index >= 15 is 0 Å². The summed E-state index contributed by atoms with van der Waals surface area (Å²) < 4.78 is 5.73. The van der Waals surface area contributed by atoms with E-state index in [-0.39, 0.29) is 29.5 Å². The molecule has 3 nitrogen and oxygen atoms in total. The summed E-state index contributed by atoms with van der Waals surface area (Å²) in [6, 6.07) is 0. The second-order valence-corrected chi connectivity index (χ2v) is 14.9. The molecule has 0 radical (unpaired) electrons. The average Bonchev–Trinajstić information content (AvgIpc) is 3.19. The summed E-state index contributed by atoms with van der Waals surface area (Å²) in [5.74, 6) is 3.07. The molecule has 1 aliphatic heterocycles. The van der Waals surface area contributed by atoms with Crippen molar-refractivity contribution >= 4 is 5.97 Å². The Balaban J connectivity index is 1.25. The quantitative estimate of drug-likeness (QED) is 0.477. The number of esters is 1. The lowest BCUT2D eigenvalue weighted by molar-refractivity contribution is -0.162. The number of carbonyl (C=O) groups is 1. The van der Waals surface area contributed by atoms with Crippen molar-refractivity contribution in [1.82, 2.24) is 0 Å². The lowest BCUT2D eigenvalue weighted by Gasteiger charge is -2.63. The van der Waals surface area contributed by atoms with Crippen LogP contribution >= 0.6 is 0 Å². The highest BCUT2D eigenvalue weighted by Crippen LogP contribution is 2.89. The molecule has 6 rings (SSSR count). The number of rotatable bonds is 3. The first kappa shape index (κ1) is 22.9. The maximum absolute atomic E-state index is 12.0. The molecule has 186 valence electrons. The molecule has 1 N–H and O–H groups in total. The lowest BCUT2D eigenvalue weighted by atomic mass is 9.41. The fourth-order valence-corrected chi connectivity index (χ4v) is 11.8. The fraction of sp³-hybridized carbons (Fsp3) is 0.967. The van der Waals surface area contributed by atoms with Crippen molar-refractivity contribution < 1.29 is 14.6 Å². The zero-order valence-electron chi connectivity index (χ0n) is 22.1. The Labute approximate surface area is 201 Å². The standard InChI is InChI=1S/C30H48O3/c1-18(15-20-16-19(2)25(32)33-20)21-9-11-28(6)23-8-7-22-26(3,4)24(31)10-12-29(22)17-30(23,29)14-13-27(21,28)5/h18-24,31H,7-17H2,1-6H3/t18-,19-,20-,21-,22-,23-,24-,27-,28+,29-,30+/m1/s1. The van der Waals surface area contributed by atoms with Crippen LogP contribution in [0.5, 0.6) is 0 Å². The second kappa shape index (κ2) is 6.80. The molecule has 11 atom stereocenters. The van der Waals surface area contributed by atoms with Gasteiger partial charge in [-0.2, -0.15) is 0 Å². The highest BCUT2D eigenvalue weighted by molar-refractivity contribution is 5.74. The van der Waals surface area contributed by atoms with E-state index in [1.54, 1.807) is 0 Å². The first-order valence-electron chi connectivity index (χ1n) is 14.3. The topological polar surface area (TPSA) is 46.5 Å². The highest BCUT2D eigenvalue weighted by atomic mass is 16.5. The Bertz CT molecular complexity index is 849. The van der Waals surface area contributed by atoms with Gasteiger partial charge in [-0.1, -0.05) is 41.5 Å². The molecule has 6 aliphatic rings. The maximum Gasteiger partial charge on any atom is 0.309 e. The van der Waals surface area contributed by atoms with E-state index in [4.69, 9.17) is 4.74 Å². The molecule has 0 aromatic carbocycles. The van der Waals surface area contributed by atoms with E-state index in [0.717, 1.165) is 31.1 Å². The van der Waals surface area contributed by atoms with Crippen molar-refractivity contribution in [3.8, 4) is 0 Å². The summed E-state index contributed by atoms with van der Waals surface area (Å²) in [7, 11) is 0. The van der Waals surface area contributed by atoms with Gasteiger partial charge in [0.25, 0.3) is 0 Å². The van der Waals surface area contributed by atoms with Gasteiger partial charge in [0.1, 0.15) is 6.10 Å². The smallest absolute Gasteiger partial charge is 0.309 e. The van der Waals surface area contributed by atoms with Crippen LogP contribution in [0, 0.1) is 56.7 Å².